The molecule has 0 unspecified atom stereocenters. The van der Waals surface area contributed by atoms with Gasteiger partial charge in [0.05, 0.1) is 5.02 Å². The summed E-state index contributed by atoms with van der Waals surface area (Å²) >= 11 is 5.75. The number of rotatable bonds is 3. The smallest absolute Gasteiger partial charge is 0.267 e. The number of sulfonamides is 1. The number of primary sulfonamides is 1. The molecule has 1 aliphatic carbocycles. The normalized spacial score (nSPS) is 15.2. The van der Waals surface area contributed by atoms with Crippen LogP contribution in [0.15, 0.2) is 28.2 Å². The average Bonchev–Trinajstić information content (AvgIpc) is 2.88. The molecule has 0 aliphatic heterocycles. The first-order valence-corrected chi connectivity index (χ1v) is 7.98. The highest BCUT2D eigenvalue weighted by atomic mass is 35.5. The first-order chi connectivity index (χ1) is 9.38. The Hall–Kier alpha value is -1.44. The van der Waals surface area contributed by atoms with E-state index in [2.05, 4.69) is 10.5 Å². The van der Waals surface area contributed by atoms with Crippen molar-refractivity contribution in [3.63, 3.8) is 0 Å². The number of nitrogens with zero attached hydrogens (tertiary/aromatic N) is 1. The SMILES string of the molecule is NS(=O)(=O)c1cc(C(=O)NN=C2CCCC2)ccc1Cl. The lowest BCUT2D eigenvalue weighted by Crippen LogP contribution is -2.20. The Kier molecular flexibility index (Phi) is 4.42. The summed E-state index contributed by atoms with van der Waals surface area (Å²) in [5.41, 5.74) is 3.49. The van der Waals surface area contributed by atoms with Crippen LogP contribution >= 0.6 is 11.6 Å². The lowest BCUT2D eigenvalue weighted by atomic mass is 10.2. The van der Waals surface area contributed by atoms with Crippen molar-refractivity contribution in [1.29, 1.82) is 0 Å². The van der Waals surface area contributed by atoms with E-state index in [4.69, 9.17) is 16.7 Å². The number of carbonyl (C=O) groups excluding carboxylic acids is 1. The highest BCUT2D eigenvalue weighted by Gasteiger charge is 2.16. The molecule has 0 aromatic heterocycles. The van der Waals surface area contributed by atoms with Gasteiger partial charge in [0.15, 0.2) is 0 Å². The van der Waals surface area contributed by atoms with Crippen molar-refractivity contribution in [3.05, 3.63) is 28.8 Å². The third-order valence-electron chi connectivity index (χ3n) is 3.00. The maximum Gasteiger partial charge on any atom is 0.271 e. The Morgan fingerprint density at radius 2 is 1.95 bits per heavy atom. The topological polar surface area (TPSA) is 102 Å². The molecule has 8 heteroatoms. The predicted octanol–water partition coefficient (Wildman–Crippen LogP) is 1.65. The van der Waals surface area contributed by atoms with E-state index < -0.39 is 15.9 Å². The fourth-order valence-corrected chi connectivity index (χ4v) is 3.02. The quantitative estimate of drug-likeness (QED) is 0.829. The molecule has 1 aromatic carbocycles. The van der Waals surface area contributed by atoms with E-state index in [1.54, 1.807) is 0 Å². The maximum absolute atomic E-state index is 11.9. The molecule has 0 heterocycles. The van der Waals surface area contributed by atoms with Crippen molar-refractivity contribution in [2.24, 2.45) is 10.2 Å². The summed E-state index contributed by atoms with van der Waals surface area (Å²) < 4.78 is 22.7. The molecule has 1 amide bonds. The minimum atomic E-state index is -3.97. The van der Waals surface area contributed by atoms with E-state index >= 15 is 0 Å². The summed E-state index contributed by atoms with van der Waals surface area (Å²) in [5.74, 6) is -0.494. The first kappa shape index (κ1) is 15.0. The third-order valence-corrected chi connectivity index (χ3v) is 4.39. The van der Waals surface area contributed by atoms with Crippen LogP contribution in [0.5, 0.6) is 0 Å². The van der Waals surface area contributed by atoms with Gasteiger partial charge < -0.3 is 0 Å². The zero-order valence-corrected chi connectivity index (χ0v) is 12.2. The van der Waals surface area contributed by atoms with Crippen LogP contribution in [-0.4, -0.2) is 20.0 Å². The Morgan fingerprint density at radius 3 is 2.55 bits per heavy atom. The molecule has 0 atom stereocenters. The molecule has 6 nitrogen and oxygen atoms in total. The van der Waals surface area contributed by atoms with Gasteiger partial charge in [0.25, 0.3) is 5.91 Å². The maximum atomic E-state index is 11.9. The second kappa shape index (κ2) is 5.90. The van der Waals surface area contributed by atoms with Crippen molar-refractivity contribution in [3.8, 4) is 0 Å². The van der Waals surface area contributed by atoms with Gasteiger partial charge in [0, 0.05) is 11.3 Å². The van der Waals surface area contributed by atoms with Gasteiger partial charge in [-0.1, -0.05) is 11.6 Å². The molecule has 2 rings (SSSR count). The number of hydrazone groups is 1. The number of hydrogen-bond acceptors (Lipinski definition) is 4. The van der Waals surface area contributed by atoms with Crippen molar-refractivity contribution < 1.29 is 13.2 Å². The van der Waals surface area contributed by atoms with Gasteiger partial charge in [0.2, 0.25) is 10.0 Å². The van der Waals surface area contributed by atoms with Gasteiger partial charge in [-0.15, -0.1) is 0 Å². The lowest BCUT2D eigenvalue weighted by Gasteiger charge is -2.05. The molecule has 0 bridgehead atoms. The fraction of sp³-hybridized carbons (Fsp3) is 0.333. The Balaban J connectivity index is 2.20. The van der Waals surface area contributed by atoms with Gasteiger partial charge in [-0.3, -0.25) is 4.79 Å². The van der Waals surface area contributed by atoms with Crippen LogP contribution in [0.4, 0.5) is 0 Å². The van der Waals surface area contributed by atoms with Crippen LogP contribution < -0.4 is 10.6 Å². The number of nitrogens with one attached hydrogen (secondary N) is 1. The highest BCUT2D eigenvalue weighted by molar-refractivity contribution is 7.89. The summed E-state index contributed by atoms with van der Waals surface area (Å²) in [6.45, 7) is 0. The van der Waals surface area contributed by atoms with Gasteiger partial charge in [-0.05, 0) is 43.9 Å². The summed E-state index contributed by atoms with van der Waals surface area (Å²) in [5, 5.41) is 9.02. The minimum Gasteiger partial charge on any atom is -0.267 e. The summed E-state index contributed by atoms with van der Waals surface area (Å²) in [7, 11) is -3.97. The molecule has 0 saturated heterocycles. The number of amides is 1. The number of nitrogens with two attached hydrogens (primary N) is 1. The van der Waals surface area contributed by atoms with E-state index in [-0.39, 0.29) is 15.5 Å². The average molecular weight is 316 g/mol. The van der Waals surface area contributed by atoms with Crippen LogP contribution in [0.3, 0.4) is 0 Å². The second-order valence-electron chi connectivity index (χ2n) is 4.52. The molecule has 108 valence electrons. The van der Waals surface area contributed by atoms with Crippen LogP contribution in [0.1, 0.15) is 36.0 Å². The molecule has 0 radical (unpaired) electrons. The lowest BCUT2D eigenvalue weighted by molar-refractivity contribution is 0.0954. The number of benzene rings is 1. The minimum absolute atomic E-state index is 0.0221. The van der Waals surface area contributed by atoms with Crippen molar-refractivity contribution in [2.75, 3.05) is 0 Å². The zero-order valence-electron chi connectivity index (χ0n) is 10.6. The number of halogens is 1. The van der Waals surface area contributed by atoms with Crippen molar-refractivity contribution in [1.82, 2.24) is 5.43 Å². The summed E-state index contributed by atoms with van der Waals surface area (Å²) in [4.78, 5) is 11.6. The molecule has 0 spiro atoms. The van der Waals surface area contributed by atoms with Crippen LogP contribution in [0.25, 0.3) is 0 Å². The van der Waals surface area contributed by atoms with Crippen molar-refractivity contribution in [2.45, 2.75) is 30.6 Å². The summed E-state index contributed by atoms with van der Waals surface area (Å²) in [6.07, 6.45) is 3.91. The highest BCUT2D eigenvalue weighted by Crippen LogP contribution is 2.21. The predicted molar refractivity (Wildman–Crippen MR) is 76.2 cm³/mol. The van der Waals surface area contributed by atoms with E-state index in [9.17, 15) is 13.2 Å². The molecule has 1 aromatic rings. The molecule has 3 N–H and O–H groups in total. The van der Waals surface area contributed by atoms with Crippen LogP contribution in [-0.2, 0) is 10.0 Å². The first-order valence-electron chi connectivity index (χ1n) is 6.06. The van der Waals surface area contributed by atoms with E-state index in [0.717, 1.165) is 37.5 Å². The number of hydrogen-bond donors (Lipinski definition) is 2. The Labute approximate surface area is 122 Å². The van der Waals surface area contributed by atoms with E-state index in [0.29, 0.717) is 0 Å². The monoisotopic (exact) mass is 315 g/mol. The zero-order chi connectivity index (χ0) is 14.8. The van der Waals surface area contributed by atoms with Gasteiger partial charge in [-0.2, -0.15) is 5.10 Å². The van der Waals surface area contributed by atoms with Gasteiger partial charge >= 0.3 is 0 Å². The van der Waals surface area contributed by atoms with Gasteiger partial charge in [0.1, 0.15) is 4.90 Å². The largest absolute Gasteiger partial charge is 0.271 e. The molecule has 1 saturated carbocycles. The molecular formula is C12H14ClN3O3S. The number of carbonyl (C=O) groups is 1. The van der Waals surface area contributed by atoms with Gasteiger partial charge in [-0.25, -0.2) is 19.0 Å². The molecule has 20 heavy (non-hydrogen) atoms. The standard InChI is InChI=1S/C12H14ClN3O3S/c13-10-6-5-8(7-11(10)20(14,18)19)12(17)16-15-9-3-1-2-4-9/h5-7H,1-4H2,(H,16,17)(H2,14,18,19). The fourth-order valence-electron chi connectivity index (χ4n) is 1.95. The molecule has 1 fully saturated rings. The molecular weight excluding hydrogens is 302 g/mol. The van der Waals surface area contributed by atoms with E-state index in [1.165, 1.54) is 12.1 Å². The Morgan fingerprint density at radius 1 is 1.30 bits per heavy atom. The Bertz CT molecular complexity index is 663. The van der Waals surface area contributed by atoms with Crippen LogP contribution in [0.2, 0.25) is 5.02 Å². The van der Waals surface area contributed by atoms with E-state index in [1.807, 2.05) is 0 Å². The second-order valence-corrected chi connectivity index (χ2v) is 6.45. The third kappa shape index (κ3) is 3.56. The molecule has 1 aliphatic rings. The van der Waals surface area contributed by atoms with Crippen molar-refractivity contribution >= 4 is 33.2 Å². The van der Waals surface area contributed by atoms with Crippen LogP contribution in [0, 0.1) is 0 Å². The summed E-state index contributed by atoms with van der Waals surface area (Å²) in [6, 6.07) is 3.88.